The fourth-order valence-corrected chi connectivity index (χ4v) is 1.66. The Balaban J connectivity index is 0.000000217. The number of benzene rings is 2. The largest absolute Gasteiger partial charge is 0.0988 e. The van der Waals surface area contributed by atoms with Crippen LogP contribution in [0.2, 0.25) is 0 Å². The van der Waals surface area contributed by atoms with Crippen LogP contribution in [0.1, 0.15) is 24.5 Å². The van der Waals surface area contributed by atoms with Crippen molar-refractivity contribution in [3.8, 4) is 0 Å². The maximum atomic E-state index is 3.76. The summed E-state index contributed by atoms with van der Waals surface area (Å²) in [5, 5.41) is 0. The normalized spacial score (nSPS) is 10.2. The van der Waals surface area contributed by atoms with Gasteiger partial charge in [0.2, 0.25) is 0 Å². The van der Waals surface area contributed by atoms with Crippen LogP contribution < -0.4 is 0 Å². The number of allylic oxidation sites excluding steroid dienone is 2. The summed E-state index contributed by atoms with van der Waals surface area (Å²) < 4.78 is 0. The van der Waals surface area contributed by atoms with E-state index in [4.69, 9.17) is 0 Å². The van der Waals surface area contributed by atoms with Crippen LogP contribution in [0.3, 0.4) is 0 Å². The van der Waals surface area contributed by atoms with Gasteiger partial charge in [0.15, 0.2) is 0 Å². The van der Waals surface area contributed by atoms with Crippen LogP contribution in [0.15, 0.2) is 85.5 Å². The Morgan fingerprint density at radius 2 is 1.35 bits per heavy atom. The number of hydrogen-bond acceptors (Lipinski definition) is 0. The monoisotopic (exact) mass is 262 g/mol. The lowest BCUT2D eigenvalue weighted by Crippen LogP contribution is -1.75. The van der Waals surface area contributed by atoms with Gasteiger partial charge in [-0.05, 0) is 23.1 Å². The zero-order valence-corrected chi connectivity index (χ0v) is 12.1. The van der Waals surface area contributed by atoms with Crippen molar-refractivity contribution in [1.82, 2.24) is 0 Å². The minimum Gasteiger partial charge on any atom is -0.0988 e. The molecule has 0 atom stereocenters. The van der Waals surface area contributed by atoms with Gasteiger partial charge in [-0.2, -0.15) is 0 Å². The summed E-state index contributed by atoms with van der Waals surface area (Å²) >= 11 is 0. The molecule has 0 aliphatic carbocycles. The van der Waals surface area contributed by atoms with Crippen molar-refractivity contribution in [1.29, 1.82) is 0 Å². The molecule has 0 heteroatoms. The van der Waals surface area contributed by atoms with Gasteiger partial charge in [0.1, 0.15) is 0 Å². The molecule has 0 heterocycles. The lowest BCUT2D eigenvalue weighted by atomic mass is 10.1. The van der Waals surface area contributed by atoms with Gasteiger partial charge in [0.25, 0.3) is 0 Å². The molecule has 0 unspecified atom stereocenters. The molecule has 0 aromatic heterocycles. The predicted molar refractivity (Wildman–Crippen MR) is 91.4 cm³/mol. The molecular weight excluding hydrogens is 240 g/mol. The van der Waals surface area contributed by atoms with Crippen LogP contribution in [0.5, 0.6) is 0 Å². The molecule has 0 aliphatic rings. The Bertz CT molecular complexity index is 533. The van der Waals surface area contributed by atoms with Crippen molar-refractivity contribution in [2.24, 2.45) is 0 Å². The molecule has 0 saturated carbocycles. The molecule has 0 spiro atoms. The molecule has 20 heavy (non-hydrogen) atoms. The summed E-state index contributed by atoms with van der Waals surface area (Å²) in [6, 6.07) is 20.3. The van der Waals surface area contributed by atoms with E-state index in [1.165, 1.54) is 16.7 Å². The summed E-state index contributed by atoms with van der Waals surface area (Å²) in [7, 11) is 0. The van der Waals surface area contributed by atoms with Gasteiger partial charge >= 0.3 is 0 Å². The first kappa shape index (κ1) is 15.7. The summed E-state index contributed by atoms with van der Waals surface area (Å²) in [6.07, 6.45) is 6.94. The predicted octanol–water partition coefficient (Wildman–Crippen LogP) is 6.00. The zero-order valence-electron chi connectivity index (χ0n) is 12.1. The van der Waals surface area contributed by atoms with E-state index >= 15 is 0 Å². The van der Waals surface area contributed by atoms with E-state index in [-0.39, 0.29) is 0 Å². The molecular formula is C20H22. The fraction of sp³-hybridized carbons (Fsp3) is 0.100. The number of rotatable bonds is 4. The zero-order chi connectivity index (χ0) is 14.6. The van der Waals surface area contributed by atoms with E-state index < -0.39 is 0 Å². The second-order valence-corrected chi connectivity index (χ2v) is 4.30. The Labute approximate surface area is 122 Å². The second-order valence-electron chi connectivity index (χ2n) is 4.30. The minimum atomic E-state index is 1.04. The summed E-state index contributed by atoms with van der Waals surface area (Å²) in [5.74, 6) is 0. The number of hydrogen-bond donors (Lipinski definition) is 0. The Morgan fingerprint density at radius 1 is 0.850 bits per heavy atom. The average Bonchev–Trinajstić information content (AvgIpc) is 2.55. The van der Waals surface area contributed by atoms with Gasteiger partial charge in [-0.1, -0.05) is 99.0 Å². The van der Waals surface area contributed by atoms with Crippen LogP contribution >= 0.6 is 0 Å². The van der Waals surface area contributed by atoms with Gasteiger partial charge in [-0.3, -0.25) is 0 Å². The average molecular weight is 262 g/mol. The Hall–Kier alpha value is -2.34. The smallest absolute Gasteiger partial charge is 0.0254 e. The Kier molecular flexibility index (Phi) is 7.52. The van der Waals surface area contributed by atoms with E-state index in [1.807, 2.05) is 60.7 Å². The van der Waals surface area contributed by atoms with Crippen molar-refractivity contribution in [2.45, 2.75) is 13.3 Å². The molecule has 0 amide bonds. The van der Waals surface area contributed by atoms with E-state index in [0.29, 0.717) is 0 Å². The van der Waals surface area contributed by atoms with Crippen molar-refractivity contribution in [2.75, 3.05) is 0 Å². The summed E-state index contributed by atoms with van der Waals surface area (Å²) in [6.45, 7) is 9.53. The first-order chi connectivity index (χ1) is 9.80. The first-order valence-corrected chi connectivity index (χ1v) is 6.85. The van der Waals surface area contributed by atoms with Gasteiger partial charge in [-0.25, -0.2) is 0 Å². The highest BCUT2D eigenvalue weighted by Gasteiger charge is 1.87. The quantitative estimate of drug-likeness (QED) is 0.593. The molecule has 2 aromatic carbocycles. The van der Waals surface area contributed by atoms with E-state index in [0.717, 1.165) is 6.42 Å². The minimum absolute atomic E-state index is 1.04. The molecule has 2 aromatic rings. The lowest BCUT2D eigenvalue weighted by molar-refractivity contribution is 1.16. The Morgan fingerprint density at radius 3 is 1.70 bits per heavy atom. The standard InChI is InChI=1S/C12H14.C8H8/c1-3-11(4-2)10-12-8-6-5-7-9-12;1-2-8-6-4-3-5-7-8/h3,5-10H,1,4H2,2H3;2-7H,1H2. The molecule has 0 aliphatic heterocycles. The summed E-state index contributed by atoms with van der Waals surface area (Å²) in [4.78, 5) is 0. The molecule has 0 fully saturated rings. The molecule has 102 valence electrons. The van der Waals surface area contributed by atoms with Gasteiger partial charge in [0, 0.05) is 0 Å². The highest BCUT2D eigenvalue weighted by atomic mass is 13.9. The van der Waals surface area contributed by atoms with Gasteiger partial charge in [0.05, 0.1) is 0 Å². The maximum Gasteiger partial charge on any atom is -0.0254 e. The summed E-state index contributed by atoms with van der Waals surface area (Å²) in [5.41, 5.74) is 3.70. The third-order valence-electron chi connectivity index (χ3n) is 2.86. The van der Waals surface area contributed by atoms with Crippen LogP contribution in [0.4, 0.5) is 0 Å². The third-order valence-corrected chi connectivity index (χ3v) is 2.86. The van der Waals surface area contributed by atoms with Crippen molar-refractivity contribution in [3.63, 3.8) is 0 Å². The van der Waals surface area contributed by atoms with Crippen LogP contribution in [0, 0.1) is 0 Å². The molecule has 0 nitrogen and oxygen atoms in total. The van der Waals surface area contributed by atoms with E-state index in [2.05, 4.69) is 38.3 Å². The van der Waals surface area contributed by atoms with Crippen molar-refractivity contribution >= 4 is 12.2 Å². The first-order valence-electron chi connectivity index (χ1n) is 6.85. The lowest BCUT2D eigenvalue weighted by Gasteiger charge is -1.96. The maximum absolute atomic E-state index is 3.76. The fourth-order valence-electron chi connectivity index (χ4n) is 1.66. The topological polar surface area (TPSA) is 0 Å². The molecule has 2 rings (SSSR count). The highest BCUT2D eigenvalue weighted by molar-refractivity contribution is 5.55. The van der Waals surface area contributed by atoms with Crippen molar-refractivity contribution in [3.05, 3.63) is 96.6 Å². The van der Waals surface area contributed by atoms with Crippen molar-refractivity contribution < 1.29 is 0 Å². The molecule has 0 radical (unpaired) electrons. The van der Waals surface area contributed by atoms with E-state index in [9.17, 15) is 0 Å². The van der Waals surface area contributed by atoms with Crippen LogP contribution in [-0.4, -0.2) is 0 Å². The van der Waals surface area contributed by atoms with E-state index in [1.54, 1.807) is 0 Å². The van der Waals surface area contributed by atoms with Gasteiger partial charge < -0.3 is 0 Å². The van der Waals surface area contributed by atoms with Crippen LogP contribution in [-0.2, 0) is 0 Å². The molecule has 0 N–H and O–H groups in total. The third kappa shape index (κ3) is 6.01. The second kappa shape index (κ2) is 9.57. The van der Waals surface area contributed by atoms with Gasteiger partial charge in [-0.15, -0.1) is 0 Å². The molecule has 0 saturated heterocycles. The SMILES string of the molecule is C=CC(=Cc1ccccc1)CC.C=Cc1ccccc1. The highest BCUT2D eigenvalue weighted by Crippen LogP contribution is 2.09. The van der Waals surface area contributed by atoms with Crippen LogP contribution in [0.25, 0.3) is 12.2 Å². The molecule has 0 bridgehead atoms.